The molecule has 0 spiro atoms. The number of ether oxygens (including phenoxy) is 1. The van der Waals surface area contributed by atoms with Crippen LogP contribution in [0.3, 0.4) is 0 Å². The number of rotatable bonds is 5. The fourth-order valence-corrected chi connectivity index (χ4v) is 1.33. The van der Waals surface area contributed by atoms with E-state index < -0.39 is 5.97 Å². The number of hydrogen-bond acceptors (Lipinski definition) is 5. The molecule has 1 aromatic heterocycles. The first-order valence-electron chi connectivity index (χ1n) is 5.56. The molecule has 0 N–H and O–H groups in total. The van der Waals surface area contributed by atoms with Gasteiger partial charge in [-0.05, 0) is 19.1 Å². The van der Waals surface area contributed by atoms with Crippen LogP contribution < -0.4 is 0 Å². The fourth-order valence-electron chi connectivity index (χ4n) is 1.33. The Kier molecular flexibility index (Phi) is 5.05. The van der Waals surface area contributed by atoms with E-state index in [0.29, 0.717) is 5.56 Å². The van der Waals surface area contributed by atoms with Gasteiger partial charge in [0.15, 0.2) is 0 Å². The minimum absolute atomic E-state index is 0.00745. The predicted octanol–water partition coefficient (Wildman–Crippen LogP) is 1.27. The zero-order valence-corrected chi connectivity index (χ0v) is 10.7. The van der Waals surface area contributed by atoms with Crippen molar-refractivity contribution >= 4 is 11.8 Å². The maximum Gasteiger partial charge on any atom is 0.343 e. The first-order chi connectivity index (χ1) is 8.56. The van der Waals surface area contributed by atoms with Gasteiger partial charge < -0.3 is 9.64 Å². The normalized spacial score (nSPS) is 10.9. The molecule has 0 aromatic carbocycles. The minimum atomic E-state index is -0.618. The Morgan fingerprint density at radius 3 is 2.44 bits per heavy atom. The molecule has 1 aromatic rings. The molecule has 18 heavy (non-hydrogen) atoms. The quantitative estimate of drug-likeness (QED) is 0.258. The van der Waals surface area contributed by atoms with Gasteiger partial charge in [0, 0.05) is 38.3 Å². The lowest BCUT2D eigenvalue weighted by molar-refractivity contribution is -0.138. The van der Waals surface area contributed by atoms with Crippen LogP contribution in [0.25, 0.3) is 0 Å². The van der Waals surface area contributed by atoms with Gasteiger partial charge in [0.1, 0.15) is 5.57 Å². The van der Waals surface area contributed by atoms with Crippen LogP contribution in [0.4, 0.5) is 0 Å². The molecule has 1 heterocycles. The summed E-state index contributed by atoms with van der Waals surface area (Å²) in [6, 6.07) is 3.12. The molecule has 0 aliphatic heterocycles. The van der Waals surface area contributed by atoms with Crippen molar-refractivity contribution in [3.63, 3.8) is 0 Å². The number of hydrogen-bond donors (Lipinski definition) is 0. The van der Waals surface area contributed by atoms with Crippen molar-refractivity contribution in [1.29, 1.82) is 0 Å². The highest BCUT2D eigenvalue weighted by Crippen LogP contribution is 2.10. The third kappa shape index (κ3) is 3.69. The van der Waals surface area contributed by atoms with E-state index >= 15 is 0 Å². The number of carbonyl (C=O) groups excluding carboxylic acids is 2. The molecule has 0 bridgehead atoms. The molecule has 0 fully saturated rings. The molecular formula is C13H16N2O3. The highest BCUT2D eigenvalue weighted by molar-refractivity contribution is 6.24. The second-order valence-corrected chi connectivity index (χ2v) is 3.79. The molecule has 0 aliphatic carbocycles. The summed E-state index contributed by atoms with van der Waals surface area (Å²) in [6.45, 7) is 1.93. The van der Waals surface area contributed by atoms with Gasteiger partial charge in [-0.25, -0.2) is 4.79 Å². The van der Waals surface area contributed by atoms with E-state index in [1.54, 1.807) is 38.1 Å². The van der Waals surface area contributed by atoms with Crippen LogP contribution in [0.15, 0.2) is 36.3 Å². The Balaban J connectivity index is 3.05. The summed E-state index contributed by atoms with van der Waals surface area (Å²) in [5.74, 6) is -0.988. The van der Waals surface area contributed by atoms with Crippen LogP contribution in [0.5, 0.6) is 0 Å². The van der Waals surface area contributed by atoms with E-state index in [2.05, 4.69) is 4.98 Å². The van der Waals surface area contributed by atoms with Crippen LogP contribution in [0, 0.1) is 0 Å². The van der Waals surface area contributed by atoms with Gasteiger partial charge in [0.25, 0.3) is 0 Å². The lowest BCUT2D eigenvalue weighted by Crippen LogP contribution is -2.19. The lowest BCUT2D eigenvalue weighted by Gasteiger charge is -2.10. The van der Waals surface area contributed by atoms with E-state index in [4.69, 9.17) is 4.74 Å². The van der Waals surface area contributed by atoms with Crippen molar-refractivity contribution in [3.05, 3.63) is 41.9 Å². The van der Waals surface area contributed by atoms with Crippen LogP contribution in [0.2, 0.25) is 0 Å². The monoisotopic (exact) mass is 248 g/mol. The van der Waals surface area contributed by atoms with Crippen molar-refractivity contribution in [2.24, 2.45) is 0 Å². The van der Waals surface area contributed by atoms with Gasteiger partial charge in [-0.15, -0.1) is 0 Å². The predicted molar refractivity (Wildman–Crippen MR) is 67.0 cm³/mol. The van der Waals surface area contributed by atoms with Crippen LogP contribution in [0.1, 0.15) is 17.3 Å². The summed E-state index contributed by atoms with van der Waals surface area (Å²) >= 11 is 0. The first kappa shape index (κ1) is 13.9. The zero-order valence-electron chi connectivity index (χ0n) is 10.7. The average Bonchev–Trinajstić information content (AvgIpc) is 2.36. The number of nitrogens with zero attached hydrogens (tertiary/aromatic N) is 2. The van der Waals surface area contributed by atoms with Crippen molar-refractivity contribution < 1.29 is 14.3 Å². The van der Waals surface area contributed by atoms with E-state index in [9.17, 15) is 9.59 Å². The molecule has 0 saturated heterocycles. The Bertz CT molecular complexity index is 453. The molecule has 0 aliphatic rings. The Labute approximate surface area is 106 Å². The van der Waals surface area contributed by atoms with E-state index in [1.807, 2.05) is 0 Å². The number of pyridine rings is 1. The van der Waals surface area contributed by atoms with Gasteiger partial charge in [-0.2, -0.15) is 0 Å². The average molecular weight is 248 g/mol. The third-order valence-corrected chi connectivity index (χ3v) is 2.07. The van der Waals surface area contributed by atoms with Gasteiger partial charge in [-0.3, -0.25) is 9.78 Å². The molecule has 5 heteroatoms. The molecule has 0 amide bonds. The minimum Gasteiger partial charge on any atom is -0.462 e. The molecule has 5 nitrogen and oxygen atoms in total. The smallest absolute Gasteiger partial charge is 0.343 e. The highest BCUT2D eigenvalue weighted by atomic mass is 16.5. The summed E-state index contributed by atoms with van der Waals surface area (Å²) < 4.78 is 4.88. The standard InChI is InChI=1S/C13H16N2O3/c1-4-18-13(17)11(9-15(2)3)12(16)10-5-7-14-8-6-10/h5-9H,4H2,1-3H3/b11-9-. The molecule has 0 atom stereocenters. The van der Waals surface area contributed by atoms with E-state index in [0.717, 1.165) is 0 Å². The third-order valence-electron chi connectivity index (χ3n) is 2.07. The van der Waals surface area contributed by atoms with Gasteiger partial charge in [-0.1, -0.05) is 0 Å². The Hall–Kier alpha value is -2.17. The summed E-state index contributed by atoms with van der Waals surface area (Å²) in [7, 11) is 3.47. The second kappa shape index (κ2) is 6.54. The van der Waals surface area contributed by atoms with Crippen molar-refractivity contribution in [2.45, 2.75) is 6.92 Å². The van der Waals surface area contributed by atoms with Crippen LogP contribution in [-0.4, -0.2) is 42.3 Å². The zero-order chi connectivity index (χ0) is 13.5. The largest absolute Gasteiger partial charge is 0.462 e. The van der Waals surface area contributed by atoms with Crippen LogP contribution in [-0.2, 0) is 9.53 Å². The Morgan fingerprint density at radius 2 is 1.94 bits per heavy atom. The van der Waals surface area contributed by atoms with Gasteiger partial charge >= 0.3 is 5.97 Å². The van der Waals surface area contributed by atoms with E-state index in [-0.39, 0.29) is 18.0 Å². The maximum absolute atomic E-state index is 12.2. The lowest BCUT2D eigenvalue weighted by atomic mass is 10.1. The van der Waals surface area contributed by atoms with Crippen LogP contribution >= 0.6 is 0 Å². The number of carbonyl (C=O) groups is 2. The topological polar surface area (TPSA) is 59.5 Å². The molecule has 0 saturated carbocycles. The molecule has 0 radical (unpaired) electrons. The fraction of sp³-hybridized carbons (Fsp3) is 0.308. The van der Waals surface area contributed by atoms with Gasteiger partial charge in [0.05, 0.1) is 6.61 Å². The molecule has 1 rings (SSSR count). The molecule has 96 valence electrons. The highest BCUT2D eigenvalue weighted by Gasteiger charge is 2.21. The van der Waals surface area contributed by atoms with Crippen molar-refractivity contribution in [3.8, 4) is 0 Å². The van der Waals surface area contributed by atoms with Crippen molar-refractivity contribution in [2.75, 3.05) is 20.7 Å². The Morgan fingerprint density at radius 1 is 1.33 bits per heavy atom. The second-order valence-electron chi connectivity index (χ2n) is 3.79. The summed E-state index contributed by atoms with van der Waals surface area (Å²) in [5.41, 5.74) is 0.416. The maximum atomic E-state index is 12.2. The molecule has 0 unspecified atom stereocenters. The number of aromatic nitrogens is 1. The van der Waals surface area contributed by atoms with Crippen molar-refractivity contribution in [1.82, 2.24) is 9.88 Å². The summed E-state index contributed by atoms with van der Waals surface area (Å²) in [5, 5.41) is 0. The van der Waals surface area contributed by atoms with E-state index in [1.165, 1.54) is 18.6 Å². The summed E-state index contributed by atoms with van der Waals surface area (Å²) in [4.78, 5) is 29.4. The van der Waals surface area contributed by atoms with Gasteiger partial charge in [0.2, 0.25) is 5.78 Å². The number of esters is 1. The molecular weight excluding hydrogens is 232 g/mol. The number of Topliss-reactive ketones (excluding diaryl/α,β-unsaturated/α-hetero) is 1. The first-order valence-corrected chi connectivity index (χ1v) is 5.56. The SMILES string of the molecule is CCOC(=O)/C(=C\N(C)C)C(=O)c1ccncc1. The number of ketones is 1. The summed E-state index contributed by atoms with van der Waals surface area (Å²) in [6.07, 6.45) is 4.47.